The summed E-state index contributed by atoms with van der Waals surface area (Å²) in [6, 6.07) is 7.38. The van der Waals surface area contributed by atoms with Gasteiger partial charge in [-0.05, 0) is 24.4 Å². The number of hydrogen-bond acceptors (Lipinski definition) is 4. The highest BCUT2D eigenvalue weighted by atomic mass is 16.5. The van der Waals surface area contributed by atoms with Crippen molar-refractivity contribution >= 4 is 16.5 Å². The Morgan fingerprint density at radius 3 is 2.63 bits per heavy atom. The number of aromatic hydroxyl groups is 1. The number of phenolic OH excluding ortho intramolecular Hbond substituents is 1. The highest BCUT2D eigenvalue weighted by molar-refractivity contribution is 6.01. The molecule has 2 aromatic rings. The molecule has 2 unspecified atom stereocenters. The molecule has 0 spiro atoms. The molecule has 1 aliphatic heterocycles. The molecular weight excluding hydrogens is 242 g/mol. The molecule has 19 heavy (non-hydrogen) atoms. The van der Waals surface area contributed by atoms with Crippen LogP contribution >= 0.6 is 0 Å². The van der Waals surface area contributed by atoms with Gasteiger partial charge in [-0.1, -0.05) is 31.2 Å². The highest BCUT2D eigenvalue weighted by Crippen LogP contribution is 2.48. The van der Waals surface area contributed by atoms with Crippen molar-refractivity contribution < 1.29 is 9.84 Å². The standard InChI is InChI=1S/C15H15NO3/c1-8-7-12-14(17)13(16-18)10-5-3-4-6-11(10)15(12)19-9(8)2/h3-6,8-9,17H,7H2,1-2H3. The quantitative estimate of drug-likeness (QED) is 0.788. The average Bonchev–Trinajstić information content (AvgIpc) is 2.42. The summed E-state index contributed by atoms with van der Waals surface area (Å²) in [5, 5.41) is 14.7. The number of rotatable bonds is 1. The molecule has 1 aliphatic rings. The molecule has 4 nitrogen and oxygen atoms in total. The van der Waals surface area contributed by atoms with E-state index in [-0.39, 0.29) is 17.5 Å². The van der Waals surface area contributed by atoms with Crippen molar-refractivity contribution in [2.45, 2.75) is 26.4 Å². The minimum absolute atomic E-state index is 0.0394. The number of nitroso groups, excluding NO2 is 1. The number of fused-ring (bicyclic) bond motifs is 3. The van der Waals surface area contributed by atoms with Gasteiger partial charge in [0, 0.05) is 16.3 Å². The second-order valence-corrected chi connectivity index (χ2v) is 5.15. The molecule has 2 atom stereocenters. The summed E-state index contributed by atoms with van der Waals surface area (Å²) >= 11 is 0. The summed E-state index contributed by atoms with van der Waals surface area (Å²) in [7, 11) is 0. The molecule has 4 heteroatoms. The van der Waals surface area contributed by atoms with Gasteiger partial charge in [-0.3, -0.25) is 0 Å². The fraction of sp³-hybridized carbons (Fsp3) is 0.333. The van der Waals surface area contributed by atoms with Gasteiger partial charge in [0.25, 0.3) is 0 Å². The van der Waals surface area contributed by atoms with Crippen molar-refractivity contribution in [3.63, 3.8) is 0 Å². The fourth-order valence-corrected chi connectivity index (χ4v) is 2.63. The topological polar surface area (TPSA) is 58.9 Å². The maximum Gasteiger partial charge on any atom is 0.157 e. The van der Waals surface area contributed by atoms with Gasteiger partial charge < -0.3 is 9.84 Å². The molecule has 1 N–H and O–H groups in total. The molecule has 3 rings (SSSR count). The van der Waals surface area contributed by atoms with Crippen LogP contribution in [0, 0.1) is 10.8 Å². The Kier molecular flexibility index (Phi) is 2.66. The van der Waals surface area contributed by atoms with Crippen molar-refractivity contribution in [2.24, 2.45) is 11.1 Å². The van der Waals surface area contributed by atoms with Crippen LogP contribution in [0.1, 0.15) is 19.4 Å². The van der Waals surface area contributed by atoms with Gasteiger partial charge in [0.2, 0.25) is 0 Å². The van der Waals surface area contributed by atoms with Crippen LogP contribution in [0.4, 0.5) is 5.69 Å². The van der Waals surface area contributed by atoms with E-state index in [1.54, 1.807) is 6.07 Å². The monoisotopic (exact) mass is 257 g/mol. The summed E-state index contributed by atoms with van der Waals surface area (Å²) in [4.78, 5) is 11.0. The van der Waals surface area contributed by atoms with E-state index in [1.807, 2.05) is 25.1 Å². The minimum atomic E-state index is -0.0394. The molecule has 2 aromatic carbocycles. The molecule has 0 bridgehead atoms. The molecule has 1 heterocycles. The minimum Gasteiger partial charge on any atom is -0.505 e. The Morgan fingerprint density at radius 1 is 1.26 bits per heavy atom. The van der Waals surface area contributed by atoms with Gasteiger partial charge in [0.1, 0.15) is 5.75 Å². The molecule has 0 amide bonds. The van der Waals surface area contributed by atoms with Gasteiger partial charge in [0.05, 0.1) is 6.10 Å². The third kappa shape index (κ3) is 1.67. The van der Waals surface area contributed by atoms with Crippen LogP contribution in [0.3, 0.4) is 0 Å². The van der Waals surface area contributed by atoms with Gasteiger partial charge in [-0.15, -0.1) is 4.91 Å². The Morgan fingerprint density at radius 2 is 1.95 bits per heavy atom. The zero-order valence-corrected chi connectivity index (χ0v) is 10.9. The van der Waals surface area contributed by atoms with Crippen LogP contribution in [0.2, 0.25) is 0 Å². The summed E-state index contributed by atoms with van der Waals surface area (Å²) in [5.74, 6) is 0.938. The summed E-state index contributed by atoms with van der Waals surface area (Å²) in [6.07, 6.45) is 0.778. The van der Waals surface area contributed by atoms with Crippen LogP contribution in [0.5, 0.6) is 11.5 Å². The predicted octanol–water partition coefficient (Wildman–Crippen LogP) is 3.90. The first kappa shape index (κ1) is 12.0. The molecule has 98 valence electrons. The third-order valence-electron chi connectivity index (χ3n) is 3.93. The number of nitrogens with zero attached hydrogens (tertiary/aromatic N) is 1. The van der Waals surface area contributed by atoms with E-state index < -0.39 is 0 Å². The zero-order chi connectivity index (χ0) is 13.6. The molecule has 0 fully saturated rings. The summed E-state index contributed by atoms with van der Waals surface area (Å²) in [5.41, 5.74) is 0.804. The normalized spacial score (nSPS) is 21.8. The van der Waals surface area contributed by atoms with Crippen molar-refractivity contribution in [1.29, 1.82) is 0 Å². The van der Waals surface area contributed by atoms with Crippen LogP contribution in [0.25, 0.3) is 10.8 Å². The van der Waals surface area contributed by atoms with Crippen molar-refractivity contribution in [3.05, 3.63) is 34.7 Å². The van der Waals surface area contributed by atoms with E-state index in [9.17, 15) is 10.0 Å². The van der Waals surface area contributed by atoms with E-state index in [2.05, 4.69) is 12.1 Å². The summed E-state index contributed by atoms with van der Waals surface area (Å²) < 4.78 is 5.93. The highest BCUT2D eigenvalue weighted by Gasteiger charge is 2.29. The molecule has 0 radical (unpaired) electrons. The van der Waals surface area contributed by atoms with E-state index in [1.165, 1.54) is 0 Å². The first-order chi connectivity index (χ1) is 9.13. The zero-order valence-electron chi connectivity index (χ0n) is 10.9. The van der Waals surface area contributed by atoms with Gasteiger partial charge in [-0.25, -0.2) is 0 Å². The molecular formula is C15H15NO3. The largest absolute Gasteiger partial charge is 0.505 e. The molecule has 0 saturated heterocycles. The van der Waals surface area contributed by atoms with Crippen LogP contribution < -0.4 is 4.74 Å². The third-order valence-corrected chi connectivity index (χ3v) is 3.93. The Labute approximate surface area is 111 Å². The Hall–Kier alpha value is -2.10. The lowest BCUT2D eigenvalue weighted by Gasteiger charge is -2.30. The van der Waals surface area contributed by atoms with E-state index in [0.717, 1.165) is 5.39 Å². The number of phenols is 1. The molecule has 0 saturated carbocycles. The maximum absolute atomic E-state index is 11.0. The van der Waals surface area contributed by atoms with Gasteiger partial charge in [-0.2, -0.15) is 0 Å². The summed E-state index contributed by atoms with van der Waals surface area (Å²) in [6.45, 7) is 4.08. The van der Waals surface area contributed by atoms with Crippen molar-refractivity contribution in [3.8, 4) is 11.5 Å². The fourth-order valence-electron chi connectivity index (χ4n) is 2.63. The Bertz CT molecular complexity index is 666. The SMILES string of the molecule is CC1Cc2c(O)c(N=O)c3ccccc3c2OC1C. The lowest BCUT2D eigenvalue weighted by atomic mass is 9.89. The van der Waals surface area contributed by atoms with E-state index >= 15 is 0 Å². The van der Waals surface area contributed by atoms with E-state index in [4.69, 9.17) is 4.74 Å². The number of hydrogen-bond donors (Lipinski definition) is 1. The van der Waals surface area contributed by atoms with Gasteiger partial charge >= 0.3 is 0 Å². The molecule has 0 aromatic heterocycles. The van der Waals surface area contributed by atoms with Crippen molar-refractivity contribution in [1.82, 2.24) is 0 Å². The second-order valence-electron chi connectivity index (χ2n) is 5.15. The van der Waals surface area contributed by atoms with E-state index in [0.29, 0.717) is 29.0 Å². The first-order valence-corrected chi connectivity index (χ1v) is 6.40. The maximum atomic E-state index is 11.0. The number of ether oxygens (including phenoxy) is 1. The lowest BCUT2D eigenvalue weighted by molar-refractivity contribution is 0.140. The number of benzene rings is 2. The van der Waals surface area contributed by atoms with Crippen molar-refractivity contribution in [2.75, 3.05) is 0 Å². The molecule has 0 aliphatic carbocycles. The van der Waals surface area contributed by atoms with Crippen LogP contribution in [0.15, 0.2) is 29.4 Å². The second kappa shape index (κ2) is 4.23. The first-order valence-electron chi connectivity index (χ1n) is 6.40. The average molecular weight is 257 g/mol. The predicted molar refractivity (Wildman–Crippen MR) is 74.0 cm³/mol. The van der Waals surface area contributed by atoms with Crippen LogP contribution in [-0.4, -0.2) is 11.2 Å². The lowest BCUT2D eigenvalue weighted by Crippen LogP contribution is -2.28. The van der Waals surface area contributed by atoms with Gasteiger partial charge in [0.15, 0.2) is 11.4 Å². The smallest absolute Gasteiger partial charge is 0.157 e. The Balaban J connectivity index is 2.39. The van der Waals surface area contributed by atoms with Crippen LogP contribution in [-0.2, 0) is 6.42 Å².